The summed E-state index contributed by atoms with van der Waals surface area (Å²) in [6.45, 7) is 4.50. The standard InChI is InChI=1S/C40H20NO4/c1-5-7-9-11-13-15-17-19-20-22-24-26-28-30-32-34-40(43)45-38-36-41(3,4)35-37-44-39(42)33-31-29-27-25-23-21-18-16-14-12-10-8-6-2/h35-38H2,1-4H3/q+1. The van der Waals surface area contributed by atoms with Crippen LogP contribution in [-0.2, 0) is 19.1 Å². The highest BCUT2D eigenvalue weighted by Crippen LogP contribution is 1.97. The number of carbonyl (C=O) groups is 2. The zero-order valence-electron chi connectivity index (χ0n) is 24.9. The average Bonchev–Trinajstić information content (AvgIpc) is 3.01. The molecule has 0 aliphatic rings. The van der Waals surface area contributed by atoms with E-state index in [0.29, 0.717) is 17.6 Å². The molecule has 0 saturated carbocycles. The molecule has 0 aliphatic heterocycles. The zero-order valence-corrected chi connectivity index (χ0v) is 24.9. The lowest BCUT2D eigenvalue weighted by Crippen LogP contribution is -2.45. The van der Waals surface area contributed by atoms with E-state index in [1.165, 1.54) is 0 Å². The van der Waals surface area contributed by atoms with Crippen LogP contribution in [0.3, 0.4) is 0 Å². The van der Waals surface area contributed by atoms with Crippen LogP contribution in [0, 0.1) is 178 Å². The lowest BCUT2D eigenvalue weighted by Gasteiger charge is -2.28. The Bertz CT molecular complexity index is 2130. The molecule has 0 aromatic heterocycles. The molecule has 0 spiro atoms. The summed E-state index contributed by atoms with van der Waals surface area (Å²) in [5.41, 5.74) is 0. The Morgan fingerprint density at radius 3 is 0.867 bits per heavy atom. The van der Waals surface area contributed by atoms with E-state index in [1.807, 2.05) is 14.1 Å². The Morgan fingerprint density at radius 2 is 0.622 bits per heavy atom. The van der Waals surface area contributed by atoms with Gasteiger partial charge in [0.2, 0.25) is 0 Å². The van der Waals surface area contributed by atoms with Crippen LogP contribution in [0.2, 0.25) is 0 Å². The van der Waals surface area contributed by atoms with Gasteiger partial charge in [-0.05, 0) is 168 Å². The quantitative estimate of drug-likeness (QED) is 0.196. The Balaban J connectivity index is 4.41. The van der Waals surface area contributed by atoms with Crippen molar-refractivity contribution in [3.8, 4) is 178 Å². The molecule has 0 aromatic rings. The number of rotatable bonds is 6. The van der Waals surface area contributed by atoms with Gasteiger partial charge in [-0.25, -0.2) is 9.59 Å². The van der Waals surface area contributed by atoms with Crippen LogP contribution in [0.1, 0.15) is 13.8 Å². The van der Waals surface area contributed by atoms with Crippen molar-refractivity contribution >= 4 is 11.9 Å². The highest BCUT2D eigenvalue weighted by molar-refractivity contribution is 5.89. The molecule has 208 valence electrons. The van der Waals surface area contributed by atoms with Crippen molar-refractivity contribution in [2.45, 2.75) is 13.8 Å². The van der Waals surface area contributed by atoms with E-state index in [9.17, 15) is 9.59 Å². The van der Waals surface area contributed by atoms with Gasteiger partial charge in [0, 0.05) is 11.8 Å². The van der Waals surface area contributed by atoms with Crippen molar-refractivity contribution < 1.29 is 23.5 Å². The highest BCUT2D eigenvalue weighted by Gasteiger charge is 2.16. The SMILES string of the molecule is CC#CC#CC#CC#CC#CC#CC#CC#CC(=O)OCC[N+](C)(C)CCOC(=O)C#CC#CC#CC#CC#CC#CC#CC. The third-order valence-electron chi connectivity index (χ3n) is 3.94. The van der Waals surface area contributed by atoms with Crippen molar-refractivity contribution in [3.63, 3.8) is 0 Å². The van der Waals surface area contributed by atoms with E-state index in [-0.39, 0.29) is 13.2 Å². The lowest BCUT2D eigenvalue weighted by molar-refractivity contribution is -0.890. The fourth-order valence-electron chi connectivity index (χ4n) is 1.93. The van der Waals surface area contributed by atoms with Gasteiger partial charge in [-0.2, -0.15) is 0 Å². The Hall–Kier alpha value is -7.70. The molecular weight excluding hydrogens is 558 g/mol. The van der Waals surface area contributed by atoms with Gasteiger partial charge in [-0.1, -0.05) is 11.8 Å². The predicted molar refractivity (Wildman–Crippen MR) is 172 cm³/mol. The van der Waals surface area contributed by atoms with E-state index in [0.717, 1.165) is 0 Å². The molecule has 0 aromatic carbocycles. The summed E-state index contributed by atoms with van der Waals surface area (Å²) in [6, 6.07) is 0. The molecule has 0 bridgehead atoms. The van der Waals surface area contributed by atoms with E-state index in [1.54, 1.807) is 13.8 Å². The summed E-state index contributed by atoms with van der Waals surface area (Å²) < 4.78 is 10.6. The maximum atomic E-state index is 11.7. The second-order valence-corrected chi connectivity index (χ2v) is 7.65. The number of esters is 2. The van der Waals surface area contributed by atoms with Gasteiger partial charge in [-0.3, -0.25) is 0 Å². The van der Waals surface area contributed by atoms with Crippen LogP contribution in [0.25, 0.3) is 0 Å². The molecule has 0 fully saturated rings. The Kier molecular flexibility index (Phi) is 23.1. The van der Waals surface area contributed by atoms with Gasteiger partial charge >= 0.3 is 11.9 Å². The number of carbonyl (C=O) groups excluding carboxylic acids is 2. The molecule has 0 aliphatic carbocycles. The molecule has 0 heterocycles. The molecule has 0 radical (unpaired) electrons. The summed E-state index contributed by atoms with van der Waals surface area (Å²) in [4.78, 5) is 23.5. The first-order valence-corrected chi connectivity index (χ1v) is 12.4. The summed E-state index contributed by atoms with van der Waals surface area (Å²) in [5, 5.41) is 0. The number of quaternary nitrogens is 1. The number of hydrogen-bond acceptors (Lipinski definition) is 4. The summed E-state index contributed by atoms with van der Waals surface area (Å²) in [5.74, 6) is 72.5. The molecule has 5 heteroatoms. The lowest BCUT2D eigenvalue weighted by atomic mass is 10.4. The summed E-state index contributed by atoms with van der Waals surface area (Å²) >= 11 is 0. The van der Waals surface area contributed by atoms with E-state index >= 15 is 0 Å². The van der Waals surface area contributed by atoms with Crippen molar-refractivity contribution in [2.75, 3.05) is 40.4 Å². The molecule has 0 atom stereocenters. The molecule has 0 amide bonds. The van der Waals surface area contributed by atoms with E-state index < -0.39 is 11.9 Å². The van der Waals surface area contributed by atoms with Crippen LogP contribution in [0.5, 0.6) is 0 Å². The predicted octanol–water partition coefficient (Wildman–Crippen LogP) is 0.240. The van der Waals surface area contributed by atoms with Crippen molar-refractivity contribution in [1.29, 1.82) is 0 Å². The monoisotopic (exact) mass is 578 g/mol. The van der Waals surface area contributed by atoms with Gasteiger partial charge < -0.3 is 14.0 Å². The van der Waals surface area contributed by atoms with Gasteiger partial charge in [0.25, 0.3) is 0 Å². The second kappa shape index (κ2) is 27.9. The summed E-state index contributed by atoms with van der Waals surface area (Å²) in [7, 11) is 3.77. The molecule has 0 unspecified atom stereocenters. The largest absolute Gasteiger partial charge is 0.450 e. The fraction of sp³-hybridized carbons (Fsp3) is 0.200. The first-order chi connectivity index (χ1) is 21.9. The molecule has 5 nitrogen and oxygen atoms in total. The van der Waals surface area contributed by atoms with Crippen LogP contribution < -0.4 is 0 Å². The third-order valence-corrected chi connectivity index (χ3v) is 3.94. The first-order valence-electron chi connectivity index (χ1n) is 12.4. The van der Waals surface area contributed by atoms with Crippen LogP contribution in [0.4, 0.5) is 0 Å². The maximum absolute atomic E-state index is 11.7. The average molecular weight is 579 g/mol. The zero-order chi connectivity index (χ0) is 33.1. The smallest absolute Gasteiger partial charge is 0.385 e. The highest BCUT2D eigenvalue weighted by atomic mass is 16.5. The molecule has 45 heavy (non-hydrogen) atoms. The van der Waals surface area contributed by atoms with E-state index in [4.69, 9.17) is 9.47 Å². The van der Waals surface area contributed by atoms with Crippen LogP contribution in [0.15, 0.2) is 0 Å². The van der Waals surface area contributed by atoms with Gasteiger partial charge in [0.1, 0.15) is 26.3 Å². The molecule has 0 rings (SSSR count). The molecule has 0 N–H and O–H groups in total. The normalized spacial score (nSPS) is 6.31. The first kappa shape index (κ1) is 37.3. The van der Waals surface area contributed by atoms with Crippen molar-refractivity contribution in [2.24, 2.45) is 0 Å². The molecule has 0 saturated heterocycles. The fourth-order valence-corrected chi connectivity index (χ4v) is 1.93. The van der Waals surface area contributed by atoms with Crippen molar-refractivity contribution in [1.82, 2.24) is 0 Å². The van der Waals surface area contributed by atoms with E-state index in [2.05, 4.69) is 178 Å². The minimum Gasteiger partial charge on any atom is -0.450 e. The van der Waals surface area contributed by atoms with Gasteiger partial charge in [0.15, 0.2) is 0 Å². The minimum atomic E-state index is -0.725. The summed E-state index contributed by atoms with van der Waals surface area (Å²) in [6.07, 6.45) is 0. The second-order valence-electron chi connectivity index (χ2n) is 7.65. The van der Waals surface area contributed by atoms with Gasteiger partial charge in [-0.15, -0.1) is 0 Å². The Labute approximate surface area is 266 Å². The topological polar surface area (TPSA) is 52.6 Å². The molecular formula is C40H20NO4+. The number of hydrogen-bond donors (Lipinski definition) is 0. The van der Waals surface area contributed by atoms with Crippen LogP contribution >= 0.6 is 0 Å². The van der Waals surface area contributed by atoms with Gasteiger partial charge in [0.05, 0.1) is 14.1 Å². The number of ether oxygens (including phenoxy) is 2. The van der Waals surface area contributed by atoms with Crippen molar-refractivity contribution in [3.05, 3.63) is 0 Å². The Morgan fingerprint density at radius 1 is 0.400 bits per heavy atom. The van der Waals surface area contributed by atoms with Crippen LogP contribution in [-0.4, -0.2) is 56.8 Å². The third kappa shape index (κ3) is 29.1. The number of likely N-dealkylation sites (N-methyl/N-ethyl adjacent to an activating group) is 1. The maximum Gasteiger partial charge on any atom is 0.385 e. The minimum absolute atomic E-state index is 0.109. The number of nitrogens with zero attached hydrogens (tertiary/aromatic N) is 1.